The number of carbonyl (C=O) groups excluding carboxylic acids is 1. The van der Waals surface area contributed by atoms with E-state index in [-0.39, 0.29) is 27.6 Å². The lowest BCUT2D eigenvalue weighted by Crippen LogP contribution is -2.24. The Morgan fingerprint density at radius 3 is 2.36 bits per heavy atom. The van der Waals surface area contributed by atoms with Crippen LogP contribution in [0.1, 0.15) is 5.56 Å². The molecule has 4 rings (SSSR count). The number of benzene rings is 3. The Kier molecular flexibility index (Phi) is 6.02. The third-order valence-electron chi connectivity index (χ3n) is 5.23. The van der Waals surface area contributed by atoms with Crippen molar-refractivity contribution in [1.82, 2.24) is 4.57 Å². The van der Waals surface area contributed by atoms with Gasteiger partial charge in [-0.1, -0.05) is 29.8 Å². The van der Waals surface area contributed by atoms with Gasteiger partial charge in [-0.3, -0.25) is 9.59 Å². The van der Waals surface area contributed by atoms with E-state index in [9.17, 15) is 18.0 Å². The van der Waals surface area contributed by atoms with E-state index in [4.69, 9.17) is 4.74 Å². The van der Waals surface area contributed by atoms with Crippen LogP contribution in [0.4, 0.5) is 5.69 Å². The third kappa shape index (κ3) is 4.51. The number of aromatic nitrogens is 1. The summed E-state index contributed by atoms with van der Waals surface area (Å²) < 4.78 is 33.1. The van der Waals surface area contributed by atoms with Gasteiger partial charge in [-0.15, -0.1) is 0 Å². The zero-order valence-electron chi connectivity index (χ0n) is 18.1. The van der Waals surface area contributed by atoms with E-state index in [2.05, 4.69) is 5.32 Å². The van der Waals surface area contributed by atoms with E-state index in [1.54, 1.807) is 61.7 Å². The van der Waals surface area contributed by atoms with Gasteiger partial charge in [-0.05, 0) is 55.5 Å². The van der Waals surface area contributed by atoms with Gasteiger partial charge in [0, 0.05) is 17.3 Å². The standard InChI is InChI=1S/C25H22N2O5S/c1-17-8-13-22-21(14-17)25(29)23(33(30,31)20-6-4-3-5-7-20)15-27(22)16-24(28)26-18-9-11-19(32-2)12-10-18/h3-15H,16H2,1-2H3,(H,26,28). The third-order valence-corrected chi connectivity index (χ3v) is 7.00. The second-order valence-corrected chi connectivity index (χ2v) is 9.48. The Labute approximate surface area is 191 Å². The van der Waals surface area contributed by atoms with Crippen molar-refractivity contribution in [3.05, 3.63) is 94.8 Å². The normalized spacial score (nSPS) is 11.3. The first kappa shape index (κ1) is 22.3. The van der Waals surface area contributed by atoms with Gasteiger partial charge in [-0.2, -0.15) is 0 Å². The van der Waals surface area contributed by atoms with Gasteiger partial charge >= 0.3 is 0 Å². The predicted molar refractivity (Wildman–Crippen MR) is 126 cm³/mol. The summed E-state index contributed by atoms with van der Waals surface area (Å²) in [6.07, 6.45) is 1.25. The molecule has 0 saturated heterocycles. The maximum absolute atomic E-state index is 13.2. The molecule has 0 unspecified atom stereocenters. The molecule has 3 aromatic carbocycles. The molecule has 0 saturated carbocycles. The number of hydrogen-bond acceptors (Lipinski definition) is 5. The molecule has 1 heterocycles. The second-order valence-electron chi connectivity index (χ2n) is 7.56. The molecule has 0 aliphatic heterocycles. The molecule has 0 bridgehead atoms. The number of carbonyl (C=O) groups is 1. The number of sulfone groups is 1. The summed E-state index contributed by atoms with van der Waals surface area (Å²) >= 11 is 0. The molecule has 0 atom stereocenters. The SMILES string of the molecule is COc1ccc(NC(=O)Cn2cc(S(=O)(=O)c3ccccc3)c(=O)c3cc(C)ccc32)cc1. The Morgan fingerprint density at radius 1 is 1.00 bits per heavy atom. The summed E-state index contributed by atoms with van der Waals surface area (Å²) in [5, 5.41) is 3.02. The number of pyridine rings is 1. The van der Waals surface area contributed by atoms with Crippen LogP contribution in [0.3, 0.4) is 0 Å². The molecule has 33 heavy (non-hydrogen) atoms. The fourth-order valence-corrected chi connectivity index (χ4v) is 4.95. The van der Waals surface area contributed by atoms with E-state index in [1.807, 2.05) is 13.0 Å². The lowest BCUT2D eigenvalue weighted by atomic mass is 10.1. The predicted octanol–water partition coefficient (Wildman–Crippen LogP) is 3.79. The van der Waals surface area contributed by atoms with Crippen molar-refractivity contribution >= 4 is 32.3 Å². The van der Waals surface area contributed by atoms with Gasteiger partial charge < -0.3 is 14.6 Å². The highest BCUT2D eigenvalue weighted by Gasteiger charge is 2.24. The van der Waals surface area contributed by atoms with Crippen LogP contribution in [0, 0.1) is 6.92 Å². The molecule has 8 heteroatoms. The minimum atomic E-state index is -4.08. The van der Waals surface area contributed by atoms with Crippen molar-refractivity contribution < 1.29 is 17.9 Å². The first-order valence-corrected chi connectivity index (χ1v) is 11.7. The molecule has 1 N–H and O–H groups in total. The Balaban J connectivity index is 1.78. The van der Waals surface area contributed by atoms with E-state index in [0.717, 1.165) is 5.56 Å². The van der Waals surface area contributed by atoms with Crippen LogP contribution in [0.2, 0.25) is 0 Å². The number of methoxy groups -OCH3 is 1. The number of hydrogen-bond donors (Lipinski definition) is 1. The fraction of sp³-hybridized carbons (Fsp3) is 0.120. The van der Waals surface area contributed by atoms with Crippen LogP contribution < -0.4 is 15.5 Å². The maximum Gasteiger partial charge on any atom is 0.244 e. The Bertz CT molecular complexity index is 1490. The highest BCUT2D eigenvalue weighted by molar-refractivity contribution is 7.91. The summed E-state index contributed by atoms with van der Waals surface area (Å²) in [6.45, 7) is 1.64. The number of rotatable bonds is 6. The number of aryl methyl sites for hydroxylation is 1. The number of nitrogens with zero attached hydrogens (tertiary/aromatic N) is 1. The Morgan fingerprint density at radius 2 is 1.70 bits per heavy atom. The molecule has 0 aliphatic rings. The van der Waals surface area contributed by atoms with Crippen molar-refractivity contribution in [2.75, 3.05) is 12.4 Å². The first-order valence-electron chi connectivity index (χ1n) is 10.2. The monoisotopic (exact) mass is 462 g/mol. The number of nitrogens with one attached hydrogen (secondary N) is 1. The molecule has 0 fully saturated rings. The lowest BCUT2D eigenvalue weighted by molar-refractivity contribution is -0.116. The smallest absolute Gasteiger partial charge is 0.244 e. The van der Waals surface area contributed by atoms with Gasteiger partial charge in [0.1, 0.15) is 17.2 Å². The van der Waals surface area contributed by atoms with Crippen molar-refractivity contribution in [2.24, 2.45) is 0 Å². The van der Waals surface area contributed by atoms with E-state index in [0.29, 0.717) is 17.0 Å². The largest absolute Gasteiger partial charge is 0.497 e. The van der Waals surface area contributed by atoms with Crippen molar-refractivity contribution in [3.63, 3.8) is 0 Å². The van der Waals surface area contributed by atoms with Crippen LogP contribution in [-0.2, 0) is 21.2 Å². The number of fused-ring (bicyclic) bond motifs is 1. The lowest BCUT2D eigenvalue weighted by Gasteiger charge is -2.14. The van der Waals surface area contributed by atoms with Gasteiger partial charge in [0.15, 0.2) is 0 Å². The van der Waals surface area contributed by atoms with E-state index < -0.39 is 15.3 Å². The summed E-state index contributed by atoms with van der Waals surface area (Å²) in [5.41, 5.74) is 1.26. The number of ether oxygens (including phenoxy) is 1. The molecule has 0 radical (unpaired) electrons. The molecule has 0 spiro atoms. The summed E-state index contributed by atoms with van der Waals surface area (Å²) in [6, 6.07) is 19.8. The minimum absolute atomic E-state index is 0.0170. The molecule has 0 aliphatic carbocycles. The first-order chi connectivity index (χ1) is 15.8. The molecular formula is C25H22N2O5S. The zero-order valence-corrected chi connectivity index (χ0v) is 18.9. The molecule has 4 aromatic rings. The van der Waals surface area contributed by atoms with Crippen molar-refractivity contribution in [3.8, 4) is 5.75 Å². The minimum Gasteiger partial charge on any atom is -0.497 e. The average Bonchev–Trinajstić information content (AvgIpc) is 2.81. The second kappa shape index (κ2) is 8.91. The van der Waals surface area contributed by atoms with Gasteiger partial charge in [-0.25, -0.2) is 8.42 Å². The van der Waals surface area contributed by atoms with Crippen molar-refractivity contribution in [1.29, 1.82) is 0 Å². The quantitative estimate of drug-likeness (QED) is 0.471. The van der Waals surface area contributed by atoms with Crippen LogP contribution in [-0.4, -0.2) is 26.0 Å². The molecule has 1 aromatic heterocycles. The van der Waals surface area contributed by atoms with Crippen LogP contribution in [0.5, 0.6) is 5.75 Å². The van der Waals surface area contributed by atoms with Crippen molar-refractivity contribution in [2.45, 2.75) is 23.3 Å². The van der Waals surface area contributed by atoms with Crippen LogP contribution >= 0.6 is 0 Å². The molecular weight excluding hydrogens is 440 g/mol. The summed E-state index contributed by atoms with van der Waals surface area (Å²) in [4.78, 5) is 25.6. The van der Waals surface area contributed by atoms with Gasteiger partial charge in [0.25, 0.3) is 0 Å². The highest BCUT2D eigenvalue weighted by Crippen LogP contribution is 2.22. The highest BCUT2D eigenvalue weighted by atomic mass is 32.2. The molecule has 168 valence electrons. The van der Waals surface area contributed by atoms with E-state index in [1.165, 1.54) is 22.9 Å². The van der Waals surface area contributed by atoms with Crippen LogP contribution in [0.25, 0.3) is 10.9 Å². The average molecular weight is 463 g/mol. The van der Waals surface area contributed by atoms with E-state index >= 15 is 0 Å². The topological polar surface area (TPSA) is 94.5 Å². The summed E-state index contributed by atoms with van der Waals surface area (Å²) in [7, 11) is -2.52. The van der Waals surface area contributed by atoms with Gasteiger partial charge in [0.05, 0.1) is 17.5 Å². The zero-order chi connectivity index (χ0) is 23.6. The molecule has 7 nitrogen and oxygen atoms in total. The maximum atomic E-state index is 13.2. The van der Waals surface area contributed by atoms with Crippen LogP contribution in [0.15, 0.2) is 93.6 Å². The molecule has 1 amide bonds. The Hall–Kier alpha value is -3.91. The summed E-state index contributed by atoms with van der Waals surface area (Å²) in [5.74, 6) is 0.291. The number of anilines is 1. The number of amides is 1. The fourth-order valence-electron chi connectivity index (χ4n) is 3.56. The van der Waals surface area contributed by atoms with Gasteiger partial charge in [0.2, 0.25) is 21.2 Å².